The Bertz CT molecular complexity index is 555. The van der Waals surface area contributed by atoms with Gasteiger partial charge in [0.05, 0.1) is 12.5 Å². The van der Waals surface area contributed by atoms with E-state index in [0.29, 0.717) is 6.42 Å². The number of carbonyl (C=O) groups is 1. The van der Waals surface area contributed by atoms with Crippen LogP contribution < -0.4 is 0 Å². The van der Waals surface area contributed by atoms with Crippen molar-refractivity contribution in [2.24, 2.45) is 0 Å². The molecule has 1 aromatic carbocycles. The predicted octanol–water partition coefficient (Wildman–Crippen LogP) is -1.11. The Morgan fingerprint density at radius 3 is 2.50 bits per heavy atom. The van der Waals surface area contributed by atoms with Crippen molar-refractivity contribution >= 4 is 5.78 Å². The van der Waals surface area contributed by atoms with Crippen molar-refractivity contribution in [2.45, 2.75) is 36.8 Å². The van der Waals surface area contributed by atoms with Crippen LogP contribution in [0.3, 0.4) is 0 Å². The van der Waals surface area contributed by atoms with Gasteiger partial charge in [0.1, 0.15) is 24.4 Å². The summed E-state index contributed by atoms with van der Waals surface area (Å²) in [5, 5.41) is 47.5. The van der Waals surface area contributed by atoms with Crippen LogP contribution in [-0.2, 0) is 11.2 Å². The van der Waals surface area contributed by atoms with Crippen LogP contribution in [0.5, 0.6) is 0 Å². The van der Waals surface area contributed by atoms with E-state index < -0.39 is 42.7 Å². The number of carbonyl (C=O) groups excluding carboxylic acids is 1. The highest BCUT2D eigenvalue weighted by Crippen LogP contribution is 2.29. The van der Waals surface area contributed by atoms with Crippen molar-refractivity contribution in [1.82, 2.24) is 0 Å². The van der Waals surface area contributed by atoms with Crippen molar-refractivity contribution in [3.8, 4) is 0 Å². The molecule has 0 saturated heterocycles. The fourth-order valence-corrected chi connectivity index (χ4v) is 2.58. The average molecular weight is 308 g/mol. The van der Waals surface area contributed by atoms with Crippen LogP contribution in [0, 0.1) is 0 Å². The standard InChI is InChI=1S/C16H20O6/c17-8-12(18)14(20)16(22)15(21)13(19)11-7-3-5-9-4-1-2-6-10(9)11/h1-4,6-7,11-12,14-18,20-22H,5,8H2/t11?,12-,14-,15+,16+/m1/s1. The molecule has 22 heavy (non-hydrogen) atoms. The zero-order chi connectivity index (χ0) is 16.3. The van der Waals surface area contributed by atoms with Gasteiger partial charge in [0.25, 0.3) is 0 Å². The lowest BCUT2D eigenvalue weighted by atomic mass is 9.82. The molecule has 6 nitrogen and oxygen atoms in total. The zero-order valence-corrected chi connectivity index (χ0v) is 11.9. The van der Waals surface area contributed by atoms with Crippen LogP contribution in [0.1, 0.15) is 17.0 Å². The van der Waals surface area contributed by atoms with Crippen molar-refractivity contribution in [3.63, 3.8) is 0 Å². The zero-order valence-electron chi connectivity index (χ0n) is 11.9. The molecular formula is C16H20O6. The summed E-state index contributed by atoms with van der Waals surface area (Å²) >= 11 is 0. The first-order valence-corrected chi connectivity index (χ1v) is 7.08. The molecule has 120 valence electrons. The summed E-state index contributed by atoms with van der Waals surface area (Å²) in [6, 6.07) is 7.30. The van der Waals surface area contributed by atoms with Gasteiger partial charge < -0.3 is 25.5 Å². The van der Waals surface area contributed by atoms with Gasteiger partial charge in [0.15, 0.2) is 5.78 Å². The second-order valence-corrected chi connectivity index (χ2v) is 5.39. The molecule has 0 amide bonds. The molecule has 1 aliphatic carbocycles. The molecular weight excluding hydrogens is 288 g/mol. The maximum atomic E-state index is 12.4. The summed E-state index contributed by atoms with van der Waals surface area (Å²) < 4.78 is 0. The van der Waals surface area contributed by atoms with Gasteiger partial charge in [-0.15, -0.1) is 0 Å². The number of allylic oxidation sites excluding steroid dienone is 2. The molecule has 5 atom stereocenters. The number of rotatable bonds is 6. The molecule has 0 aromatic heterocycles. The third kappa shape index (κ3) is 3.26. The van der Waals surface area contributed by atoms with Gasteiger partial charge in [-0.25, -0.2) is 0 Å². The molecule has 1 aromatic rings. The first-order valence-electron chi connectivity index (χ1n) is 7.08. The molecule has 0 aliphatic heterocycles. The molecule has 0 spiro atoms. The summed E-state index contributed by atoms with van der Waals surface area (Å²) in [4.78, 5) is 12.4. The lowest BCUT2D eigenvalue weighted by Crippen LogP contribution is -2.49. The lowest BCUT2D eigenvalue weighted by Gasteiger charge is -2.28. The van der Waals surface area contributed by atoms with E-state index in [4.69, 9.17) is 5.11 Å². The number of ketones is 1. The van der Waals surface area contributed by atoms with Crippen molar-refractivity contribution < 1.29 is 30.3 Å². The quantitative estimate of drug-likeness (QED) is 0.425. The van der Waals surface area contributed by atoms with Gasteiger partial charge in [-0.3, -0.25) is 4.79 Å². The van der Waals surface area contributed by atoms with E-state index in [9.17, 15) is 25.2 Å². The Morgan fingerprint density at radius 2 is 1.82 bits per heavy atom. The first-order chi connectivity index (χ1) is 10.5. The van der Waals surface area contributed by atoms with Crippen LogP contribution in [0.2, 0.25) is 0 Å². The monoisotopic (exact) mass is 308 g/mol. The summed E-state index contributed by atoms with van der Waals surface area (Å²) in [5.74, 6) is -1.38. The molecule has 0 saturated carbocycles. The summed E-state index contributed by atoms with van der Waals surface area (Å²) in [7, 11) is 0. The molecule has 1 unspecified atom stereocenters. The number of hydrogen-bond donors (Lipinski definition) is 5. The van der Waals surface area contributed by atoms with E-state index >= 15 is 0 Å². The van der Waals surface area contributed by atoms with E-state index in [1.807, 2.05) is 18.2 Å². The lowest BCUT2D eigenvalue weighted by molar-refractivity contribution is -0.147. The van der Waals surface area contributed by atoms with Gasteiger partial charge in [0, 0.05) is 0 Å². The van der Waals surface area contributed by atoms with Crippen LogP contribution >= 0.6 is 0 Å². The molecule has 0 fully saturated rings. The fraction of sp³-hybridized carbons (Fsp3) is 0.438. The average Bonchev–Trinajstić information content (AvgIpc) is 2.57. The molecule has 1 aliphatic rings. The highest BCUT2D eigenvalue weighted by Gasteiger charge is 2.37. The largest absolute Gasteiger partial charge is 0.394 e. The number of hydrogen-bond acceptors (Lipinski definition) is 6. The second-order valence-electron chi connectivity index (χ2n) is 5.39. The smallest absolute Gasteiger partial charge is 0.175 e. The van der Waals surface area contributed by atoms with Gasteiger partial charge in [-0.2, -0.15) is 0 Å². The maximum Gasteiger partial charge on any atom is 0.175 e. The van der Waals surface area contributed by atoms with Gasteiger partial charge >= 0.3 is 0 Å². The van der Waals surface area contributed by atoms with Crippen molar-refractivity contribution in [3.05, 3.63) is 47.5 Å². The number of aliphatic hydroxyl groups excluding tert-OH is 5. The van der Waals surface area contributed by atoms with E-state index in [1.54, 1.807) is 18.2 Å². The molecule has 5 N–H and O–H groups in total. The topological polar surface area (TPSA) is 118 Å². The minimum Gasteiger partial charge on any atom is -0.394 e. The third-order valence-corrected chi connectivity index (χ3v) is 3.91. The molecule has 0 radical (unpaired) electrons. The normalized spacial score (nSPS) is 22.5. The number of Topliss-reactive ketones (excluding diaryl/α,β-unsaturated/α-hetero) is 1. The number of benzene rings is 1. The highest BCUT2D eigenvalue weighted by atomic mass is 16.4. The number of fused-ring (bicyclic) bond motifs is 1. The SMILES string of the molecule is O=C(C1C=CCc2ccccc21)[C@H](O)[C@@H](O)[C@H](O)[C@H](O)CO. The second kappa shape index (κ2) is 7.13. The van der Waals surface area contributed by atoms with E-state index in [0.717, 1.165) is 11.1 Å². The van der Waals surface area contributed by atoms with Crippen LogP contribution in [0.15, 0.2) is 36.4 Å². The first kappa shape index (κ1) is 16.8. The van der Waals surface area contributed by atoms with Crippen LogP contribution in [0.4, 0.5) is 0 Å². The Morgan fingerprint density at radius 1 is 1.14 bits per heavy atom. The van der Waals surface area contributed by atoms with Crippen LogP contribution in [-0.4, -0.2) is 62.3 Å². The fourth-order valence-electron chi connectivity index (χ4n) is 2.58. The Balaban J connectivity index is 2.17. The molecule has 2 rings (SSSR count). The number of aliphatic hydroxyl groups is 5. The Labute approximate surface area is 128 Å². The molecule has 0 heterocycles. The summed E-state index contributed by atoms with van der Waals surface area (Å²) in [5.41, 5.74) is 1.71. The third-order valence-electron chi connectivity index (χ3n) is 3.91. The van der Waals surface area contributed by atoms with E-state index in [2.05, 4.69) is 0 Å². The summed E-state index contributed by atoms with van der Waals surface area (Å²) in [6.45, 7) is -0.786. The summed E-state index contributed by atoms with van der Waals surface area (Å²) in [6.07, 6.45) is -3.05. The van der Waals surface area contributed by atoms with E-state index in [-0.39, 0.29) is 0 Å². The molecule has 6 heteroatoms. The molecule has 0 bridgehead atoms. The Kier molecular flexibility index (Phi) is 5.44. The van der Waals surface area contributed by atoms with Crippen LogP contribution in [0.25, 0.3) is 0 Å². The maximum absolute atomic E-state index is 12.4. The van der Waals surface area contributed by atoms with Gasteiger partial charge in [0.2, 0.25) is 0 Å². The minimum atomic E-state index is -1.88. The highest BCUT2D eigenvalue weighted by molar-refractivity contribution is 5.92. The van der Waals surface area contributed by atoms with Crippen molar-refractivity contribution in [2.75, 3.05) is 6.61 Å². The van der Waals surface area contributed by atoms with Gasteiger partial charge in [-0.05, 0) is 17.5 Å². The predicted molar refractivity (Wildman–Crippen MR) is 78.1 cm³/mol. The minimum absolute atomic E-state index is 0.667. The van der Waals surface area contributed by atoms with E-state index in [1.165, 1.54) is 0 Å². The Hall–Kier alpha value is -1.57. The van der Waals surface area contributed by atoms with Crippen molar-refractivity contribution in [1.29, 1.82) is 0 Å². The van der Waals surface area contributed by atoms with Gasteiger partial charge in [-0.1, -0.05) is 36.4 Å².